The molecule has 0 fully saturated rings. The fourth-order valence-electron chi connectivity index (χ4n) is 10.2. The first-order valence-corrected chi connectivity index (χ1v) is 36.1. The number of aromatic hydroxyl groups is 6. The molecule has 0 radical (unpaired) electrons. The van der Waals surface area contributed by atoms with Crippen LogP contribution in [0.4, 0.5) is 13.2 Å². The van der Waals surface area contributed by atoms with E-state index in [2.05, 4.69) is 0 Å². The van der Waals surface area contributed by atoms with E-state index in [0.29, 0.717) is 54.6 Å². The van der Waals surface area contributed by atoms with Crippen LogP contribution >= 0.6 is 23.2 Å². The summed E-state index contributed by atoms with van der Waals surface area (Å²) in [4.78, 5) is 71.2. The average Bonchev–Trinajstić information content (AvgIpc) is 0.833. The molecule has 0 aliphatic carbocycles. The van der Waals surface area contributed by atoms with E-state index in [4.69, 9.17) is 33.4 Å². The minimum absolute atomic E-state index is 0.0361. The van der Waals surface area contributed by atoms with Crippen LogP contribution in [0.1, 0.15) is 134 Å². The first-order chi connectivity index (χ1) is 54.3. The highest BCUT2D eigenvalue weighted by atomic mass is 35.5. The van der Waals surface area contributed by atoms with Gasteiger partial charge in [-0.05, 0) is 255 Å². The number of hydrogen-bond acceptors (Lipinski definition) is 12. The summed E-state index contributed by atoms with van der Waals surface area (Å²) in [6.45, 7) is 11.5. The van der Waals surface area contributed by atoms with Crippen LogP contribution < -0.4 is 0 Å². The van der Waals surface area contributed by atoms with Crippen LogP contribution in [-0.2, 0) is 6.18 Å². The van der Waals surface area contributed by atoms with Crippen molar-refractivity contribution in [2.75, 3.05) is 0 Å². The third-order valence-electron chi connectivity index (χ3n) is 16.3. The van der Waals surface area contributed by atoms with E-state index >= 15 is 0 Å². The van der Waals surface area contributed by atoms with Crippen LogP contribution in [0.25, 0.3) is 36.5 Å². The fraction of sp³-hybridized carbons (Fsp3) is 0.0722. The molecule has 12 aromatic rings. The van der Waals surface area contributed by atoms with E-state index in [1.54, 1.807) is 128 Å². The summed E-state index contributed by atoms with van der Waals surface area (Å²) < 4.78 is 38.2. The molecule has 0 spiro atoms. The molecular formula is C97H81Cl2F3O12. The van der Waals surface area contributed by atoms with Crippen molar-refractivity contribution in [2.24, 2.45) is 0 Å². The summed E-state index contributed by atoms with van der Waals surface area (Å²) in [5, 5.41) is 56.9. The van der Waals surface area contributed by atoms with Crippen molar-refractivity contribution in [1.82, 2.24) is 0 Å². The highest BCUT2D eigenvalue weighted by Crippen LogP contribution is 2.31. The Morgan fingerprint density at radius 1 is 0.263 bits per heavy atom. The molecular weight excluding hydrogens is 1480 g/mol. The van der Waals surface area contributed by atoms with Crippen LogP contribution in [-0.4, -0.2) is 65.3 Å². The second-order valence-electron chi connectivity index (χ2n) is 25.9. The molecule has 0 bridgehead atoms. The summed E-state index contributed by atoms with van der Waals surface area (Å²) in [6, 6.07) is 75.7. The Morgan fingerprint density at radius 2 is 0.588 bits per heavy atom. The van der Waals surface area contributed by atoms with Gasteiger partial charge in [0.05, 0.1) is 5.56 Å². The van der Waals surface area contributed by atoms with E-state index in [-0.39, 0.29) is 69.2 Å². The second-order valence-corrected chi connectivity index (χ2v) is 26.7. The maximum atomic E-state index is 12.7. The Balaban J connectivity index is 0.000000190. The molecule has 0 saturated heterocycles. The molecule has 0 amide bonds. The molecule has 114 heavy (non-hydrogen) atoms. The SMILES string of the molecule is Cc1cc(/C=C/C(=O)c2ccc(O)cc2)cc(C(F)(F)F)c1.Cc1cc(/C=C/C(=O)c2cccc(O)c2)ccc1Cl.Cc1ccc(/C=C/C(=O)c2ccc(O)cc2)c(Cl)c1.Cc1ccc(/C=C/C(=O)c2cccc(O)c2)cc1.Cc1ccc(/C=C/C(=O)c2cccc(O)c2)cc1.Cc1cccc(/C=C/C(=O)c2cccc(O)c2)c1. The lowest BCUT2D eigenvalue weighted by Gasteiger charge is -2.08. The monoisotopic (exact) mass is 1560 g/mol. The van der Waals surface area contributed by atoms with Crippen molar-refractivity contribution in [1.29, 1.82) is 0 Å². The molecule has 0 atom stereocenters. The third-order valence-corrected chi connectivity index (χ3v) is 17.1. The van der Waals surface area contributed by atoms with Crippen LogP contribution in [0.15, 0.2) is 309 Å². The lowest BCUT2D eigenvalue weighted by Crippen LogP contribution is -2.05. The molecule has 0 aromatic heterocycles. The van der Waals surface area contributed by atoms with Crippen LogP contribution in [0.3, 0.4) is 0 Å². The predicted octanol–water partition coefficient (Wildman–Crippen LogP) is 23.9. The van der Waals surface area contributed by atoms with Gasteiger partial charge in [-0.3, -0.25) is 28.8 Å². The molecule has 17 heteroatoms. The molecule has 6 N–H and O–H groups in total. The zero-order valence-electron chi connectivity index (χ0n) is 62.9. The van der Waals surface area contributed by atoms with Gasteiger partial charge in [0.2, 0.25) is 0 Å². The summed E-state index contributed by atoms with van der Waals surface area (Å²) in [5.41, 5.74) is 13.0. The minimum Gasteiger partial charge on any atom is -0.508 e. The number of ketones is 6. The number of phenols is 6. The third kappa shape index (κ3) is 30.6. The Hall–Kier alpha value is -13.7. The van der Waals surface area contributed by atoms with Gasteiger partial charge in [-0.15, -0.1) is 0 Å². The summed E-state index contributed by atoms with van der Waals surface area (Å²) in [7, 11) is 0. The van der Waals surface area contributed by atoms with Gasteiger partial charge < -0.3 is 30.6 Å². The highest BCUT2D eigenvalue weighted by molar-refractivity contribution is 6.32. The number of halogens is 5. The number of allylic oxidation sites excluding steroid dienone is 6. The average molecular weight is 1570 g/mol. The van der Waals surface area contributed by atoms with E-state index < -0.39 is 11.7 Å². The molecule has 0 heterocycles. The number of alkyl halides is 3. The van der Waals surface area contributed by atoms with Crippen LogP contribution in [0.5, 0.6) is 34.5 Å². The van der Waals surface area contributed by atoms with Gasteiger partial charge in [0.25, 0.3) is 0 Å². The van der Waals surface area contributed by atoms with Crippen molar-refractivity contribution in [3.05, 3.63) is 425 Å². The molecule has 12 rings (SSSR count). The smallest absolute Gasteiger partial charge is 0.416 e. The van der Waals surface area contributed by atoms with E-state index in [1.165, 1.54) is 120 Å². The lowest BCUT2D eigenvalue weighted by atomic mass is 10.0. The number of aryl methyl sites for hydroxylation is 6. The van der Waals surface area contributed by atoms with Crippen LogP contribution in [0.2, 0.25) is 10.0 Å². The first kappa shape index (κ1) is 87.5. The maximum absolute atomic E-state index is 12.7. The second kappa shape index (κ2) is 43.6. The van der Waals surface area contributed by atoms with E-state index in [9.17, 15) is 62.4 Å². The van der Waals surface area contributed by atoms with Crippen molar-refractivity contribution in [2.45, 2.75) is 47.7 Å². The minimum atomic E-state index is -4.42. The molecule has 0 aliphatic heterocycles. The standard InChI is InChI=1S/C17H13F3O2.2C16H13ClO2.3C16H14O2/c1-11-8-12(10-14(9-11)17(18,19)20)2-7-16(22)13-3-5-15(21)6-4-13;1-11-2-3-12(15(17)10-11)6-9-16(19)13-4-7-14(18)8-5-13;1-11-9-12(5-7-15(11)17)6-8-16(19)13-3-2-4-14(18)10-13;1-12-4-2-5-13(10-12)8-9-16(18)14-6-3-7-15(17)11-14;2*1-12-5-7-13(8-6-12)9-10-16(18)14-3-2-4-15(17)11-14/h2-10,21H,1H3;2*2-10,18H,1H3;3*2-11,17H,1H3/b7-2+;9-6+;8-6+;9-8+;2*10-9+. The Morgan fingerprint density at radius 3 is 0.956 bits per heavy atom. The molecule has 0 saturated carbocycles. The molecule has 0 unspecified atom stereocenters. The zero-order chi connectivity index (χ0) is 82.9. The molecule has 12 nitrogen and oxygen atoms in total. The molecule has 12 aromatic carbocycles. The Bertz CT molecular complexity index is 5410. The molecule has 0 aliphatic rings. The van der Waals surface area contributed by atoms with Gasteiger partial charge in [0, 0.05) is 43.4 Å². The van der Waals surface area contributed by atoms with Crippen molar-refractivity contribution >= 4 is 94.4 Å². The first-order valence-electron chi connectivity index (χ1n) is 35.3. The van der Waals surface area contributed by atoms with Gasteiger partial charge in [0.15, 0.2) is 34.7 Å². The van der Waals surface area contributed by atoms with Crippen molar-refractivity contribution in [3.63, 3.8) is 0 Å². The summed E-state index contributed by atoms with van der Waals surface area (Å²) in [5.74, 6) is -0.419. The van der Waals surface area contributed by atoms with Crippen LogP contribution in [0, 0.1) is 41.5 Å². The van der Waals surface area contributed by atoms with Gasteiger partial charge in [0.1, 0.15) is 34.5 Å². The van der Waals surface area contributed by atoms with Gasteiger partial charge >= 0.3 is 6.18 Å². The van der Waals surface area contributed by atoms with Crippen molar-refractivity contribution < 1.29 is 72.6 Å². The largest absolute Gasteiger partial charge is 0.508 e. The summed E-state index contributed by atoms with van der Waals surface area (Å²) in [6.07, 6.45) is 14.4. The van der Waals surface area contributed by atoms with Gasteiger partial charge in [-0.1, -0.05) is 222 Å². The van der Waals surface area contributed by atoms with E-state index in [0.717, 1.165) is 56.6 Å². The maximum Gasteiger partial charge on any atom is 0.416 e. The predicted molar refractivity (Wildman–Crippen MR) is 451 cm³/mol. The quantitative estimate of drug-likeness (QED) is 0.0349. The summed E-state index contributed by atoms with van der Waals surface area (Å²) >= 11 is 12.0. The van der Waals surface area contributed by atoms with Crippen molar-refractivity contribution in [3.8, 4) is 34.5 Å². The lowest BCUT2D eigenvalue weighted by molar-refractivity contribution is -0.137. The number of carbonyl (C=O) groups excluding carboxylic acids is 6. The fourth-order valence-corrected chi connectivity index (χ4v) is 10.6. The highest BCUT2D eigenvalue weighted by Gasteiger charge is 2.30. The number of carbonyl (C=O) groups is 6. The number of hydrogen-bond donors (Lipinski definition) is 6. The number of benzene rings is 12. The van der Waals surface area contributed by atoms with Gasteiger partial charge in [-0.2, -0.15) is 13.2 Å². The van der Waals surface area contributed by atoms with E-state index in [1.807, 2.05) is 138 Å². The normalized spacial score (nSPS) is 11.0. The molecule has 576 valence electrons. The Kier molecular flexibility index (Phi) is 33.5. The van der Waals surface area contributed by atoms with Gasteiger partial charge in [-0.25, -0.2) is 0 Å². The Labute approximate surface area is 670 Å². The number of phenolic OH excluding ortho intramolecular Hbond substituents is 6. The number of rotatable bonds is 18. The zero-order valence-corrected chi connectivity index (χ0v) is 64.4. The topological polar surface area (TPSA) is 224 Å².